The molecule has 1 fully saturated rings. The summed E-state index contributed by atoms with van der Waals surface area (Å²) >= 11 is 0. The predicted octanol–water partition coefficient (Wildman–Crippen LogP) is 1.84. The average molecular weight is 310 g/mol. The lowest BCUT2D eigenvalue weighted by Crippen LogP contribution is -2.50. The van der Waals surface area contributed by atoms with E-state index in [1.807, 2.05) is 26.0 Å². The first-order chi connectivity index (χ1) is 9.90. The molecule has 2 heterocycles. The first-order valence-electron chi connectivity index (χ1n) is 7.40. The van der Waals surface area contributed by atoms with Gasteiger partial charge in [-0.3, -0.25) is 0 Å². The van der Waals surface area contributed by atoms with Crippen molar-refractivity contribution in [2.45, 2.75) is 37.2 Å². The second kappa shape index (κ2) is 5.26. The fourth-order valence-corrected chi connectivity index (χ4v) is 4.88. The molecule has 0 atom stereocenters. The second-order valence-corrected chi connectivity index (χ2v) is 8.17. The lowest BCUT2D eigenvalue weighted by atomic mass is 10.0. The fourth-order valence-electron chi connectivity index (χ4n) is 3.04. The summed E-state index contributed by atoms with van der Waals surface area (Å²) in [7, 11) is -3.46. The fraction of sp³-hybridized carbons (Fsp3) is 0.600. The van der Waals surface area contributed by atoms with Crippen LogP contribution in [0.2, 0.25) is 0 Å². The van der Waals surface area contributed by atoms with Gasteiger partial charge >= 0.3 is 0 Å². The molecule has 1 saturated heterocycles. The quantitative estimate of drug-likeness (QED) is 0.905. The molecule has 5 nitrogen and oxygen atoms in total. The van der Waals surface area contributed by atoms with Crippen LogP contribution in [0.5, 0.6) is 0 Å². The highest BCUT2D eigenvalue weighted by molar-refractivity contribution is 7.89. The summed E-state index contributed by atoms with van der Waals surface area (Å²) in [5, 5.41) is 3.29. The molecule has 0 radical (unpaired) electrons. The minimum atomic E-state index is -3.46. The number of benzene rings is 1. The highest BCUT2D eigenvalue weighted by atomic mass is 32.2. The molecule has 0 saturated carbocycles. The number of nitrogens with one attached hydrogen (secondary N) is 1. The van der Waals surface area contributed by atoms with Crippen molar-refractivity contribution in [3.8, 4) is 0 Å². The summed E-state index contributed by atoms with van der Waals surface area (Å²) in [5.74, 6) is 0. The highest BCUT2D eigenvalue weighted by Crippen LogP contribution is 2.31. The Kier molecular flexibility index (Phi) is 3.71. The lowest BCUT2D eigenvalue weighted by Gasteiger charge is -2.37. The number of fused-ring (bicyclic) bond motifs is 1. The minimum absolute atomic E-state index is 0.395. The molecule has 0 aliphatic carbocycles. The van der Waals surface area contributed by atoms with Crippen LogP contribution in [0, 0.1) is 0 Å². The molecule has 6 heteroatoms. The number of morpholine rings is 1. The van der Waals surface area contributed by atoms with E-state index >= 15 is 0 Å². The van der Waals surface area contributed by atoms with Gasteiger partial charge in [0, 0.05) is 25.3 Å². The van der Waals surface area contributed by atoms with E-state index in [1.165, 1.54) is 0 Å². The van der Waals surface area contributed by atoms with Crippen molar-refractivity contribution in [3.63, 3.8) is 0 Å². The van der Waals surface area contributed by atoms with Crippen LogP contribution in [-0.4, -0.2) is 44.6 Å². The third-order valence-corrected chi connectivity index (χ3v) is 5.99. The zero-order valence-corrected chi connectivity index (χ0v) is 13.4. The summed E-state index contributed by atoms with van der Waals surface area (Å²) in [5.41, 5.74) is 1.45. The van der Waals surface area contributed by atoms with E-state index < -0.39 is 15.6 Å². The third kappa shape index (κ3) is 2.80. The Morgan fingerprint density at radius 3 is 2.90 bits per heavy atom. The molecule has 3 rings (SSSR count). The van der Waals surface area contributed by atoms with E-state index in [2.05, 4.69) is 5.32 Å². The Bertz CT molecular complexity index is 640. The Hall–Kier alpha value is -1.11. The van der Waals surface area contributed by atoms with Crippen LogP contribution >= 0.6 is 0 Å². The van der Waals surface area contributed by atoms with E-state index in [-0.39, 0.29) is 0 Å². The number of anilines is 1. The van der Waals surface area contributed by atoms with Gasteiger partial charge in [0.05, 0.1) is 17.1 Å². The summed E-state index contributed by atoms with van der Waals surface area (Å²) in [4.78, 5) is 0.449. The van der Waals surface area contributed by atoms with Crippen LogP contribution in [0.15, 0.2) is 23.1 Å². The molecular formula is C15H22N2O3S. The molecule has 116 valence electrons. The molecule has 2 aliphatic heterocycles. The van der Waals surface area contributed by atoms with Crippen LogP contribution in [0.3, 0.4) is 0 Å². The Morgan fingerprint density at radius 2 is 2.14 bits per heavy atom. The van der Waals surface area contributed by atoms with Crippen LogP contribution in [0.4, 0.5) is 5.69 Å². The van der Waals surface area contributed by atoms with E-state index in [0.29, 0.717) is 24.6 Å². The van der Waals surface area contributed by atoms with Gasteiger partial charge in [-0.2, -0.15) is 4.31 Å². The largest absolute Gasteiger partial charge is 0.385 e. The maximum absolute atomic E-state index is 13.0. The molecule has 1 aromatic rings. The van der Waals surface area contributed by atoms with Gasteiger partial charge < -0.3 is 10.1 Å². The van der Waals surface area contributed by atoms with Gasteiger partial charge in [0.2, 0.25) is 10.0 Å². The maximum Gasteiger partial charge on any atom is 0.243 e. The van der Waals surface area contributed by atoms with E-state index in [9.17, 15) is 8.42 Å². The number of nitrogens with zero attached hydrogens (tertiary/aromatic N) is 1. The molecule has 0 amide bonds. The minimum Gasteiger partial charge on any atom is -0.385 e. The topological polar surface area (TPSA) is 58.6 Å². The zero-order chi connectivity index (χ0) is 15.1. The lowest BCUT2D eigenvalue weighted by molar-refractivity contribution is -0.0640. The molecule has 0 unspecified atom stereocenters. The Balaban J connectivity index is 1.99. The summed E-state index contributed by atoms with van der Waals surface area (Å²) in [6.07, 6.45) is 1.78. The van der Waals surface area contributed by atoms with E-state index in [1.54, 1.807) is 10.4 Å². The third-order valence-electron chi connectivity index (χ3n) is 4.06. The molecule has 1 N–H and O–H groups in total. The summed E-state index contributed by atoms with van der Waals surface area (Å²) < 4.78 is 33.2. The number of rotatable bonds is 2. The second-order valence-electron chi connectivity index (χ2n) is 6.26. The van der Waals surface area contributed by atoms with Gasteiger partial charge in [0.1, 0.15) is 0 Å². The van der Waals surface area contributed by atoms with Gasteiger partial charge in [0.15, 0.2) is 0 Å². The van der Waals surface area contributed by atoms with Crippen LogP contribution in [-0.2, 0) is 21.2 Å². The van der Waals surface area contributed by atoms with Gasteiger partial charge in [-0.25, -0.2) is 8.42 Å². The van der Waals surface area contributed by atoms with Gasteiger partial charge in [-0.1, -0.05) is 6.07 Å². The standard InChI is InChI=1S/C15H22N2O3S/c1-15(2)11-17(9-10-20-15)21(18,19)14-7-3-6-13-12(14)5-4-8-16-13/h3,6-7,16H,4-5,8-11H2,1-2H3. The van der Waals surface area contributed by atoms with Gasteiger partial charge in [0.25, 0.3) is 0 Å². The molecular weight excluding hydrogens is 288 g/mol. The van der Waals surface area contributed by atoms with Crippen LogP contribution in [0.25, 0.3) is 0 Å². The van der Waals surface area contributed by atoms with Crippen molar-refractivity contribution >= 4 is 15.7 Å². The van der Waals surface area contributed by atoms with Crippen molar-refractivity contribution in [2.24, 2.45) is 0 Å². The monoisotopic (exact) mass is 310 g/mol. The van der Waals surface area contributed by atoms with Crippen molar-refractivity contribution in [2.75, 3.05) is 31.6 Å². The molecule has 1 aromatic carbocycles. The SMILES string of the molecule is CC1(C)CN(S(=O)(=O)c2cccc3c2CCCN3)CCO1. The van der Waals surface area contributed by atoms with Crippen molar-refractivity contribution in [3.05, 3.63) is 23.8 Å². The predicted molar refractivity (Wildman–Crippen MR) is 82.0 cm³/mol. The van der Waals surface area contributed by atoms with E-state index in [4.69, 9.17) is 4.74 Å². The van der Waals surface area contributed by atoms with Gasteiger partial charge in [-0.15, -0.1) is 0 Å². The highest BCUT2D eigenvalue weighted by Gasteiger charge is 2.36. The maximum atomic E-state index is 13.0. The normalized spacial score (nSPS) is 22.4. The molecule has 2 aliphatic rings. The van der Waals surface area contributed by atoms with Crippen LogP contribution in [0.1, 0.15) is 25.8 Å². The average Bonchev–Trinajstić information content (AvgIpc) is 2.45. The Morgan fingerprint density at radius 1 is 1.33 bits per heavy atom. The van der Waals surface area contributed by atoms with E-state index in [0.717, 1.165) is 30.6 Å². The van der Waals surface area contributed by atoms with Crippen molar-refractivity contribution < 1.29 is 13.2 Å². The number of hydrogen-bond acceptors (Lipinski definition) is 4. The summed E-state index contributed by atoms with van der Waals surface area (Å²) in [6, 6.07) is 5.50. The molecule has 0 bridgehead atoms. The molecule has 0 spiro atoms. The smallest absolute Gasteiger partial charge is 0.243 e. The van der Waals surface area contributed by atoms with Gasteiger partial charge in [-0.05, 0) is 44.4 Å². The van der Waals surface area contributed by atoms with Crippen molar-refractivity contribution in [1.29, 1.82) is 0 Å². The first-order valence-corrected chi connectivity index (χ1v) is 8.84. The molecule has 21 heavy (non-hydrogen) atoms. The number of hydrogen-bond donors (Lipinski definition) is 1. The molecule has 0 aromatic heterocycles. The first kappa shape index (κ1) is 14.8. The number of sulfonamides is 1. The zero-order valence-electron chi connectivity index (χ0n) is 12.6. The number of ether oxygens (including phenoxy) is 1. The van der Waals surface area contributed by atoms with Crippen LogP contribution < -0.4 is 5.32 Å². The van der Waals surface area contributed by atoms with Crippen molar-refractivity contribution in [1.82, 2.24) is 4.31 Å². The Labute approximate surface area is 126 Å². The summed E-state index contributed by atoms with van der Waals surface area (Å²) in [6.45, 7) is 6.02.